The number of nitrogens with one attached hydrogen (secondary N) is 3. The number of carbonyl (C=O) groups is 1. The molecule has 29 heavy (non-hydrogen) atoms. The highest BCUT2D eigenvalue weighted by Gasteiger charge is 2.28. The molecular weight excluding hydrogens is 483 g/mol. The minimum Gasteiger partial charge on any atom is -0.493 e. The number of amides is 1. The maximum atomic E-state index is 11.6. The fraction of sp³-hybridized carbons (Fsp3) is 0.619. The number of aliphatic imine (C=N–C) groups is 1. The molecule has 0 bridgehead atoms. The van der Waals surface area contributed by atoms with Crippen LogP contribution in [0, 0.1) is 5.92 Å². The molecular formula is C21H35IN4O3. The van der Waals surface area contributed by atoms with Crippen LogP contribution in [-0.4, -0.2) is 51.8 Å². The Balaban J connectivity index is 0.00000420. The standard InChI is InChI=1S/C21H34N4O3.HI/c1-4-22-21(25-14-13-23-20(26)17-9-10-17)24-12-6-7-16-8-11-18(27-3)19(15-16)28-5-2;/h8,11,15,17H,4-7,9-10,12-14H2,1-3H3,(H,23,26)(H2,22,24,25);1H. The molecule has 0 atom stereocenters. The number of aryl methyl sites for hydroxylation is 1. The number of rotatable bonds is 12. The summed E-state index contributed by atoms with van der Waals surface area (Å²) in [6.07, 6.45) is 3.92. The van der Waals surface area contributed by atoms with Crippen LogP contribution in [0.5, 0.6) is 11.5 Å². The summed E-state index contributed by atoms with van der Waals surface area (Å²) in [6, 6.07) is 6.06. The highest BCUT2D eigenvalue weighted by molar-refractivity contribution is 14.0. The van der Waals surface area contributed by atoms with E-state index in [9.17, 15) is 4.79 Å². The largest absolute Gasteiger partial charge is 0.493 e. The van der Waals surface area contributed by atoms with Gasteiger partial charge in [-0.2, -0.15) is 0 Å². The summed E-state index contributed by atoms with van der Waals surface area (Å²) < 4.78 is 11.0. The van der Waals surface area contributed by atoms with Gasteiger partial charge in [0, 0.05) is 32.1 Å². The molecule has 164 valence electrons. The van der Waals surface area contributed by atoms with Crippen molar-refractivity contribution in [1.82, 2.24) is 16.0 Å². The van der Waals surface area contributed by atoms with Crippen LogP contribution in [0.15, 0.2) is 23.2 Å². The number of ether oxygens (including phenoxy) is 2. The number of benzene rings is 1. The van der Waals surface area contributed by atoms with Gasteiger partial charge >= 0.3 is 0 Å². The molecule has 0 aliphatic heterocycles. The highest BCUT2D eigenvalue weighted by Crippen LogP contribution is 2.29. The van der Waals surface area contributed by atoms with E-state index >= 15 is 0 Å². The summed E-state index contributed by atoms with van der Waals surface area (Å²) in [6.45, 7) is 7.43. The van der Waals surface area contributed by atoms with Crippen molar-refractivity contribution in [2.45, 2.75) is 39.5 Å². The van der Waals surface area contributed by atoms with Gasteiger partial charge < -0.3 is 25.4 Å². The lowest BCUT2D eigenvalue weighted by Gasteiger charge is -2.12. The van der Waals surface area contributed by atoms with E-state index in [1.165, 1.54) is 5.56 Å². The van der Waals surface area contributed by atoms with Gasteiger partial charge in [0.05, 0.1) is 13.7 Å². The summed E-state index contributed by atoms with van der Waals surface area (Å²) in [4.78, 5) is 16.2. The Bertz CT molecular complexity index is 651. The SMILES string of the molecule is CCNC(=NCCCc1ccc(OC)c(OCC)c1)NCCNC(=O)C1CC1.I. The Morgan fingerprint density at radius 3 is 2.55 bits per heavy atom. The summed E-state index contributed by atoms with van der Waals surface area (Å²) in [5, 5.41) is 9.45. The topological polar surface area (TPSA) is 84.0 Å². The van der Waals surface area contributed by atoms with Crippen molar-refractivity contribution >= 4 is 35.8 Å². The average molecular weight is 518 g/mol. The molecule has 3 N–H and O–H groups in total. The Hall–Kier alpha value is -1.71. The maximum absolute atomic E-state index is 11.6. The predicted molar refractivity (Wildman–Crippen MR) is 128 cm³/mol. The van der Waals surface area contributed by atoms with Crippen molar-refractivity contribution in [2.75, 3.05) is 39.9 Å². The van der Waals surface area contributed by atoms with Gasteiger partial charge in [0.15, 0.2) is 17.5 Å². The quantitative estimate of drug-likeness (QED) is 0.172. The molecule has 0 unspecified atom stereocenters. The van der Waals surface area contributed by atoms with E-state index in [2.05, 4.69) is 27.0 Å². The first-order valence-corrected chi connectivity index (χ1v) is 10.3. The number of carbonyl (C=O) groups excluding carboxylic acids is 1. The molecule has 0 radical (unpaired) electrons. The Morgan fingerprint density at radius 1 is 1.14 bits per heavy atom. The van der Waals surface area contributed by atoms with Gasteiger partial charge in [-0.15, -0.1) is 24.0 Å². The average Bonchev–Trinajstić information content (AvgIpc) is 3.54. The number of hydrogen-bond acceptors (Lipinski definition) is 4. The third kappa shape index (κ3) is 9.56. The lowest BCUT2D eigenvalue weighted by Crippen LogP contribution is -2.41. The van der Waals surface area contributed by atoms with Crippen LogP contribution < -0.4 is 25.4 Å². The van der Waals surface area contributed by atoms with Crippen molar-refractivity contribution in [3.05, 3.63) is 23.8 Å². The Morgan fingerprint density at radius 2 is 1.90 bits per heavy atom. The number of guanidine groups is 1. The minimum absolute atomic E-state index is 0. The van der Waals surface area contributed by atoms with Crippen LogP contribution in [-0.2, 0) is 11.2 Å². The van der Waals surface area contributed by atoms with Crippen LogP contribution in [0.1, 0.15) is 38.7 Å². The molecule has 0 spiro atoms. The van der Waals surface area contributed by atoms with E-state index in [0.29, 0.717) is 19.7 Å². The van der Waals surface area contributed by atoms with E-state index in [4.69, 9.17) is 9.47 Å². The number of methoxy groups -OCH3 is 1. The van der Waals surface area contributed by atoms with Crippen molar-refractivity contribution in [2.24, 2.45) is 10.9 Å². The molecule has 2 rings (SSSR count). The summed E-state index contributed by atoms with van der Waals surface area (Å²) >= 11 is 0. The summed E-state index contributed by atoms with van der Waals surface area (Å²) in [5.74, 6) is 2.76. The van der Waals surface area contributed by atoms with Crippen LogP contribution in [0.25, 0.3) is 0 Å². The fourth-order valence-corrected chi connectivity index (χ4v) is 2.82. The third-order valence-electron chi connectivity index (χ3n) is 4.43. The lowest BCUT2D eigenvalue weighted by atomic mass is 10.1. The molecule has 8 heteroatoms. The predicted octanol–water partition coefficient (Wildman–Crippen LogP) is 2.73. The van der Waals surface area contributed by atoms with Gasteiger partial charge in [-0.05, 0) is 57.2 Å². The molecule has 1 aromatic carbocycles. The molecule has 1 aliphatic rings. The van der Waals surface area contributed by atoms with E-state index in [0.717, 1.165) is 56.2 Å². The minimum atomic E-state index is 0. The Kier molecular flexibility index (Phi) is 12.5. The summed E-state index contributed by atoms with van der Waals surface area (Å²) in [7, 11) is 1.65. The van der Waals surface area contributed by atoms with Crippen molar-refractivity contribution in [1.29, 1.82) is 0 Å². The highest BCUT2D eigenvalue weighted by atomic mass is 127. The fourth-order valence-electron chi connectivity index (χ4n) is 2.82. The zero-order chi connectivity index (χ0) is 20.2. The van der Waals surface area contributed by atoms with E-state index < -0.39 is 0 Å². The van der Waals surface area contributed by atoms with Gasteiger partial charge in [0.2, 0.25) is 5.91 Å². The zero-order valence-corrected chi connectivity index (χ0v) is 20.1. The normalized spacial score (nSPS) is 13.3. The van der Waals surface area contributed by atoms with Crippen LogP contribution in [0.4, 0.5) is 0 Å². The zero-order valence-electron chi connectivity index (χ0n) is 17.8. The lowest BCUT2D eigenvalue weighted by molar-refractivity contribution is -0.122. The first kappa shape index (κ1) is 25.3. The second kappa shape index (κ2) is 14.3. The molecule has 1 aliphatic carbocycles. The van der Waals surface area contributed by atoms with Crippen LogP contribution in [0.2, 0.25) is 0 Å². The van der Waals surface area contributed by atoms with E-state index in [1.54, 1.807) is 7.11 Å². The third-order valence-corrected chi connectivity index (χ3v) is 4.43. The second-order valence-corrected chi connectivity index (χ2v) is 6.77. The maximum Gasteiger partial charge on any atom is 0.223 e. The monoisotopic (exact) mass is 518 g/mol. The van der Waals surface area contributed by atoms with Gasteiger partial charge in [-0.25, -0.2) is 0 Å². The molecule has 7 nitrogen and oxygen atoms in total. The van der Waals surface area contributed by atoms with E-state index in [1.807, 2.05) is 26.0 Å². The Labute approximate surface area is 191 Å². The first-order chi connectivity index (χ1) is 13.7. The van der Waals surface area contributed by atoms with E-state index in [-0.39, 0.29) is 35.8 Å². The molecule has 0 heterocycles. The second-order valence-electron chi connectivity index (χ2n) is 6.77. The van der Waals surface area contributed by atoms with Crippen LogP contribution >= 0.6 is 24.0 Å². The van der Waals surface area contributed by atoms with Crippen molar-refractivity contribution in [3.63, 3.8) is 0 Å². The van der Waals surface area contributed by atoms with Crippen LogP contribution in [0.3, 0.4) is 0 Å². The molecule has 1 aromatic rings. The van der Waals surface area contributed by atoms with Crippen molar-refractivity contribution in [3.8, 4) is 11.5 Å². The van der Waals surface area contributed by atoms with Gasteiger partial charge in [-0.1, -0.05) is 6.07 Å². The summed E-state index contributed by atoms with van der Waals surface area (Å²) in [5.41, 5.74) is 1.21. The van der Waals surface area contributed by atoms with Gasteiger partial charge in [-0.3, -0.25) is 9.79 Å². The first-order valence-electron chi connectivity index (χ1n) is 10.3. The van der Waals surface area contributed by atoms with Crippen molar-refractivity contribution < 1.29 is 14.3 Å². The number of nitrogens with zero attached hydrogens (tertiary/aromatic N) is 1. The number of halogens is 1. The van der Waals surface area contributed by atoms with Gasteiger partial charge in [0.1, 0.15) is 0 Å². The molecule has 1 fully saturated rings. The molecule has 0 saturated heterocycles. The molecule has 0 aromatic heterocycles. The smallest absolute Gasteiger partial charge is 0.223 e. The molecule has 1 amide bonds. The number of hydrogen-bond donors (Lipinski definition) is 3. The molecule has 1 saturated carbocycles. The van der Waals surface area contributed by atoms with Gasteiger partial charge in [0.25, 0.3) is 0 Å².